The van der Waals surface area contributed by atoms with Gasteiger partial charge in [0.2, 0.25) is 0 Å². The van der Waals surface area contributed by atoms with Gasteiger partial charge in [0, 0.05) is 22.7 Å². The van der Waals surface area contributed by atoms with Gasteiger partial charge in [-0.1, -0.05) is 38.1 Å². The van der Waals surface area contributed by atoms with Gasteiger partial charge in [-0.05, 0) is 30.3 Å². The number of benzene rings is 2. The Morgan fingerprint density at radius 3 is 2.48 bits per heavy atom. The van der Waals surface area contributed by atoms with Gasteiger partial charge in [0.25, 0.3) is 0 Å². The molecule has 0 spiro atoms. The number of aliphatic hydroxyl groups excluding tert-OH is 1. The molecule has 3 N–H and O–H groups in total. The number of carboxylic acids is 1. The van der Waals surface area contributed by atoms with Crippen LogP contribution in [0.5, 0.6) is 5.75 Å². The summed E-state index contributed by atoms with van der Waals surface area (Å²) in [6.45, 7) is 3.32. The summed E-state index contributed by atoms with van der Waals surface area (Å²) >= 11 is 0. The van der Waals surface area contributed by atoms with Gasteiger partial charge in [-0.25, -0.2) is 9.59 Å². The van der Waals surface area contributed by atoms with E-state index in [-0.39, 0.29) is 13.2 Å². The lowest BCUT2D eigenvalue weighted by atomic mass is 9.81. The van der Waals surface area contributed by atoms with E-state index < -0.39 is 23.6 Å². The minimum atomic E-state index is -1.13. The first kappa shape index (κ1) is 23.4. The van der Waals surface area contributed by atoms with Crippen LogP contribution in [0.3, 0.4) is 0 Å². The predicted molar refractivity (Wildman–Crippen MR) is 114 cm³/mol. The standard InChI is InChI=1S/C23H24N2O6/c1-23(2,12-11-20(27)28)21(18-5-3-4-6-19(18)30-14-13-26)31-22(29)25-17-9-7-16(15-24)8-10-17/h3-12,21,26H,13-14H2,1-2H3,(H,25,29)(H,27,28)/b12-11+/t21-/m1/s1. The number of nitriles is 1. The molecule has 0 aliphatic rings. The molecule has 0 unspecified atom stereocenters. The van der Waals surface area contributed by atoms with Gasteiger partial charge in [-0.2, -0.15) is 5.26 Å². The van der Waals surface area contributed by atoms with Gasteiger partial charge < -0.3 is 19.7 Å². The molecule has 0 heterocycles. The van der Waals surface area contributed by atoms with E-state index in [4.69, 9.17) is 24.9 Å². The number of aliphatic hydroxyl groups is 1. The van der Waals surface area contributed by atoms with E-state index in [2.05, 4.69) is 5.32 Å². The second-order valence-corrected chi connectivity index (χ2v) is 7.20. The lowest BCUT2D eigenvalue weighted by Gasteiger charge is -2.32. The fourth-order valence-electron chi connectivity index (χ4n) is 2.86. The normalized spacial score (nSPS) is 12.1. The zero-order valence-corrected chi connectivity index (χ0v) is 17.2. The van der Waals surface area contributed by atoms with Crippen molar-refractivity contribution in [3.05, 3.63) is 71.8 Å². The van der Waals surface area contributed by atoms with Crippen molar-refractivity contribution >= 4 is 17.7 Å². The molecule has 1 amide bonds. The number of carboxylic acid groups (broad SMARTS) is 1. The van der Waals surface area contributed by atoms with Crippen LogP contribution in [0.4, 0.5) is 10.5 Å². The Morgan fingerprint density at radius 2 is 1.87 bits per heavy atom. The largest absolute Gasteiger partial charge is 0.491 e. The van der Waals surface area contributed by atoms with Crippen LogP contribution >= 0.6 is 0 Å². The van der Waals surface area contributed by atoms with Crippen molar-refractivity contribution in [3.8, 4) is 11.8 Å². The quantitative estimate of drug-likeness (QED) is 0.521. The summed E-state index contributed by atoms with van der Waals surface area (Å²) in [5.74, 6) is -0.719. The van der Waals surface area contributed by atoms with E-state index in [0.717, 1.165) is 6.08 Å². The predicted octanol–water partition coefficient (Wildman–Crippen LogP) is 3.89. The molecule has 8 heteroatoms. The second kappa shape index (κ2) is 10.8. The maximum absolute atomic E-state index is 12.6. The molecule has 162 valence electrons. The molecule has 0 bridgehead atoms. The molecule has 0 aromatic heterocycles. The van der Waals surface area contributed by atoms with E-state index in [1.54, 1.807) is 62.4 Å². The molecule has 8 nitrogen and oxygen atoms in total. The summed E-state index contributed by atoms with van der Waals surface area (Å²) in [5, 5.41) is 29.6. The number of anilines is 1. The molecule has 2 aromatic rings. The molecule has 31 heavy (non-hydrogen) atoms. The van der Waals surface area contributed by atoms with E-state index >= 15 is 0 Å². The lowest BCUT2D eigenvalue weighted by molar-refractivity contribution is -0.131. The highest BCUT2D eigenvalue weighted by Crippen LogP contribution is 2.42. The van der Waals surface area contributed by atoms with Crippen LogP contribution in [0, 0.1) is 16.7 Å². The molecular formula is C23H24N2O6. The Kier molecular flexibility index (Phi) is 8.17. The van der Waals surface area contributed by atoms with Crippen molar-refractivity contribution in [1.29, 1.82) is 5.26 Å². The second-order valence-electron chi connectivity index (χ2n) is 7.20. The minimum absolute atomic E-state index is 0.0482. The first-order chi connectivity index (χ1) is 14.8. The first-order valence-corrected chi connectivity index (χ1v) is 9.49. The van der Waals surface area contributed by atoms with Crippen molar-refractivity contribution in [2.45, 2.75) is 20.0 Å². The third-order valence-electron chi connectivity index (χ3n) is 4.37. The molecule has 0 saturated heterocycles. The Morgan fingerprint density at radius 1 is 1.19 bits per heavy atom. The van der Waals surface area contributed by atoms with Gasteiger partial charge >= 0.3 is 12.1 Å². The van der Waals surface area contributed by atoms with Gasteiger partial charge in [-0.15, -0.1) is 0 Å². The monoisotopic (exact) mass is 424 g/mol. The van der Waals surface area contributed by atoms with Crippen molar-refractivity contribution < 1.29 is 29.3 Å². The van der Waals surface area contributed by atoms with Crippen molar-refractivity contribution in [2.75, 3.05) is 18.5 Å². The number of carbonyl (C=O) groups is 2. The molecule has 0 saturated carbocycles. The van der Waals surface area contributed by atoms with Gasteiger partial charge in [-0.3, -0.25) is 5.32 Å². The Hall–Kier alpha value is -3.83. The number of para-hydroxylation sites is 1. The van der Waals surface area contributed by atoms with Crippen LogP contribution in [-0.4, -0.2) is 35.5 Å². The van der Waals surface area contributed by atoms with Crippen LogP contribution < -0.4 is 10.1 Å². The SMILES string of the molecule is CC(C)(/C=C/C(=O)O)[C@H](OC(=O)Nc1ccc(C#N)cc1)c1ccccc1OCCO. The number of nitrogens with zero attached hydrogens (tertiary/aromatic N) is 1. The molecule has 1 atom stereocenters. The number of aliphatic carboxylic acids is 1. The molecule has 0 aliphatic carbocycles. The summed E-state index contributed by atoms with van der Waals surface area (Å²) < 4.78 is 11.3. The topological polar surface area (TPSA) is 129 Å². The molecule has 0 fully saturated rings. The van der Waals surface area contributed by atoms with Gasteiger partial charge in [0.05, 0.1) is 18.2 Å². The smallest absolute Gasteiger partial charge is 0.412 e. The summed E-state index contributed by atoms with van der Waals surface area (Å²) in [7, 11) is 0. The first-order valence-electron chi connectivity index (χ1n) is 9.49. The van der Waals surface area contributed by atoms with E-state index in [0.29, 0.717) is 22.6 Å². The van der Waals surface area contributed by atoms with Gasteiger partial charge in [0.15, 0.2) is 0 Å². The maximum atomic E-state index is 12.6. The van der Waals surface area contributed by atoms with E-state index in [1.165, 1.54) is 6.08 Å². The lowest BCUT2D eigenvalue weighted by Crippen LogP contribution is -2.28. The molecular weight excluding hydrogens is 400 g/mol. The Bertz CT molecular complexity index is 976. The van der Waals surface area contributed by atoms with Crippen molar-refractivity contribution in [1.82, 2.24) is 0 Å². The van der Waals surface area contributed by atoms with E-state index in [9.17, 15) is 9.59 Å². The number of hydrogen-bond acceptors (Lipinski definition) is 6. The van der Waals surface area contributed by atoms with Crippen LogP contribution in [0.15, 0.2) is 60.7 Å². The molecule has 0 radical (unpaired) electrons. The zero-order valence-electron chi connectivity index (χ0n) is 17.2. The molecule has 2 aromatic carbocycles. The van der Waals surface area contributed by atoms with Crippen LogP contribution in [-0.2, 0) is 9.53 Å². The summed E-state index contributed by atoms with van der Waals surface area (Å²) in [5.41, 5.74) is 0.489. The fourth-order valence-corrected chi connectivity index (χ4v) is 2.86. The average Bonchev–Trinajstić information content (AvgIpc) is 2.75. The number of amides is 1. The maximum Gasteiger partial charge on any atom is 0.412 e. The van der Waals surface area contributed by atoms with Crippen molar-refractivity contribution in [2.24, 2.45) is 5.41 Å². The highest BCUT2D eigenvalue weighted by Gasteiger charge is 2.34. The van der Waals surface area contributed by atoms with Crippen molar-refractivity contribution in [3.63, 3.8) is 0 Å². The summed E-state index contributed by atoms with van der Waals surface area (Å²) in [6, 6.07) is 15.1. The van der Waals surface area contributed by atoms with Gasteiger partial charge in [0.1, 0.15) is 18.5 Å². The third-order valence-corrected chi connectivity index (χ3v) is 4.37. The number of nitrogens with one attached hydrogen (secondary N) is 1. The highest BCUT2D eigenvalue weighted by atomic mass is 16.6. The highest BCUT2D eigenvalue weighted by molar-refractivity contribution is 5.85. The summed E-state index contributed by atoms with van der Waals surface area (Å²) in [4.78, 5) is 23.7. The third kappa shape index (κ3) is 6.87. The number of carbonyl (C=O) groups excluding carboxylic acids is 1. The number of rotatable bonds is 9. The molecule has 2 rings (SSSR count). The number of hydrogen-bond donors (Lipinski definition) is 3. The van der Waals surface area contributed by atoms with E-state index in [1.807, 2.05) is 6.07 Å². The Labute approximate surface area is 180 Å². The van der Waals surface area contributed by atoms with Crippen LogP contribution in [0.2, 0.25) is 0 Å². The van der Waals surface area contributed by atoms with Crippen LogP contribution in [0.1, 0.15) is 31.1 Å². The number of ether oxygens (including phenoxy) is 2. The fraction of sp³-hybridized carbons (Fsp3) is 0.261. The minimum Gasteiger partial charge on any atom is -0.491 e. The zero-order chi connectivity index (χ0) is 22.9. The van der Waals surface area contributed by atoms with Crippen LogP contribution in [0.25, 0.3) is 0 Å². The molecule has 0 aliphatic heterocycles. The summed E-state index contributed by atoms with van der Waals surface area (Å²) in [6.07, 6.45) is 0.768. The average molecular weight is 424 g/mol. The Balaban J connectivity index is 2.34.